The molecule has 2 aromatic heterocycles. The molecule has 0 saturated carbocycles. The lowest BCUT2D eigenvalue weighted by atomic mass is 10.4. The molecule has 3 N–H and O–H groups in total. The van der Waals surface area contributed by atoms with Crippen LogP contribution < -0.4 is 5.32 Å². The average molecular weight is 252 g/mol. The number of carboxylic acid groups (broad SMARTS) is 1. The molecule has 0 atom stereocenters. The summed E-state index contributed by atoms with van der Waals surface area (Å²) in [5.41, 5.74) is 0.334. The summed E-state index contributed by atoms with van der Waals surface area (Å²) < 4.78 is 0. The standard InChI is InChI=1S/C9H8N4O3S/c14-8(5-1-2-11-13-5)10-3-7-12-6(4-17-7)9(15)16/h1-2,4H,3H2,(H,10,14)(H,11,13)(H,15,16). The van der Waals surface area contributed by atoms with Gasteiger partial charge in [-0.15, -0.1) is 11.3 Å². The predicted molar refractivity (Wildman–Crippen MR) is 58.8 cm³/mol. The first kappa shape index (κ1) is 11.3. The Morgan fingerprint density at radius 1 is 1.53 bits per heavy atom. The highest BCUT2D eigenvalue weighted by molar-refractivity contribution is 7.09. The Morgan fingerprint density at radius 3 is 2.94 bits per heavy atom. The van der Waals surface area contributed by atoms with Crippen LogP contribution in [0, 0.1) is 0 Å². The Hall–Kier alpha value is -2.22. The number of amides is 1. The SMILES string of the molecule is O=C(O)c1csc(CNC(=O)c2ccn[nH]2)n1. The summed E-state index contributed by atoms with van der Waals surface area (Å²) in [6, 6.07) is 1.54. The molecule has 0 aromatic carbocycles. The third-order valence-electron chi connectivity index (χ3n) is 1.92. The minimum Gasteiger partial charge on any atom is -0.476 e. The van der Waals surface area contributed by atoms with E-state index in [1.54, 1.807) is 6.07 Å². The highest BCUT2D eigenvalue weighted by atomic mass is 32.1. The lowest BCUT2D eigenvalue weighted by Gasteiger charge is -1.99. The summed E-state index contributed by atoms with van der Waals surface area (Å²) in [5, 5.41) is 19.4. The highest BCUT2D eigenvalue weighted by Gasteiger charge is 2.10. The number of nitrogens with one attached hydrogen (secondary N) is 2. The molecule has 88 valence electrons. The van der Waals surface area contributed by atoms with Crippen molar-refractivity contribution in [3.05, 3.63) is 34.0 Å². The summed E-state index contributed by atoms with van der Waals surface area (Å²) in [4.78, 5) is 25.9. The van der Waals surface area contributed by atoms with E-state index in [9.17, 15) is 9.59 Å². The fourth-order valence-electron chi connectivity index (χ4n) is 1.12. The molecule has 0 unspecified atom stereocenters. The van der Waals surface area contributed by atoms with Crippen molar-refractivity contribution in [1.82, 2.24) is 20.5 Å². The second kappa shape index (κ2) is 4.74. The fourth-order valence-corrected chi connectivity index (χ4v) is 1.83. The van der Waals surface area contributed by atoms with Gasteiger partial charge < -0.3 is 10.4 Å². The molecule has 0 aliphatic rings. The van der Waals surface area contributed by atoms with Gasteiger partial charge in [-0.3, -0.25) is 9.89 Å². The molecular formula is C9H8N4O3S. The van der Waals surface area contributed by atoms with Crippen LogP contribution in [0.3, 0.4) is 0 Å². The largest absolute Gasteiger partial charge is 0.476 e. The van der Waals surface area contributed by atoms with Gasteiger partial charge >= 0.3 is 5.97 Å². The van der Waals surface area contributed by atoms with Crippen LogP contribution in [0.5, 0.6) is 0 Å². The number of thiazole rings is 1. The summed E-state index contributed by atoms with van der Waals surface area (Å²) in [7, 11) is 0. The van der Waals surface area contributed by atoms with Gasteiger partial charge in [0.2, 0.25) is 0 Å². The number of carbonyl (C=O) groups excluding carboxylic acids is 1. The summed E-state index contributed by atoms with van der Waals surface area (Å²) in [5.74, 6) is -1.39. The monoisotopic (exact) mass is 252 g/mol. The maximum atomic E-state index is 11.5. The van der Waals surface area contributed by atoms with E-state index in [2.05, 4.69) is 20.5 Å². The van der Waals surface area contributed by atoms with Crippen molar-refractivity contribution in [3.63, 3.8) is 0 Å². The van der Waals surface area contributed by atoms with Crippen LogP contribution in [0.25, 0.3) is 0 Å². The molecule has 7 nitrogen and oxygen atoms in total. The van der Waals surface area contributed by atoms with Crippen molar-refractivity contribution in [3.8, 4) is 0 Å². The maximum absolute atomic E-state index is 11.5. The van der Waals surface area contributed by atoms with Crippen LogP contribution in [0.15, 0.2) is 17.6 Å². The molecule has 2 aromatic rings. The van der Waals surface area contributed by atoms with E-state index in [1.807, 2.05) is 0 Å². The van der Waals surface area contributed by atoms with Crippen molar-refractivity contribution in [1.29, 1.82) is 0 Å². The first-order chi connectivity index (χ1) is 8.16. The van der Waals surface area contributed by atoms with Crippen LogP contribution >= 0.6 is 11.3 Å². The summed E-state index contributed by atoms with van der Waals surface area (Å²) >= 11 is 1.18. The molecule has 1 amide bonds. The molecule has 17 heavy (non-hydrogen) atoms. The Kier molecular flexibility index (Phi) is 3.15. The van der Waals surface area contributed by atoms with Crippen molar-refractivity contribution >= 4 is 23.2 Å². The van der Waals surface area contributed by atoms with Crippen LogP contribution in [0.2, 0.25) is 0 Å². The van der Waals surface area contributed by atoms with Crippen LogP contribution in [-0.4, -0.2) is 32.2 Å². The number of rotatable bonds is 4. The fraction of sp³-hybridized carbons (Fsp3) is 0.111. The maximum Gasteiger partial charge on any atom is 0.355 e. The molecule has 0 radical (unpaired) electrons. The molecule has 0 spiro atoms. The van der Waals surface area contributed by atoms with E-state index in [1.165, 1.54) is 22.9 Å². The molecule has 0 saturated heterocycles. The van der Waals surface area contributed by atoms with Gasteiger partial charge in [0.1, 0.15) is 10.7 Å². The lowest BCUT2D eigenvalue weighted by Crippen LogP contribution is -2.23. The minimum atomic E-state index is -1.08. The Morgan fingerprint density at radius 2 is 2.35 bits per heavy atom. The van der Waals surface area contributed by atoms with Gasteiger partial charge in [-0.2, -0.15) is 5.10 Å². The quantitative estimate of drug-likeness (QED) is 0.734. The van der Waals surface area contributed by atoms with Gasteiger partial charge in [0.05, 0.1) is 6.54 Å². The topological polar surface area (TPSA) is 108 Å². The third kappa shape index (κ3) is 2.67. The number of aromatic amines is 1. The zero-order valence-electron chi connectivity index (χ0n) is 8.51. The van der Waals surface area contributed by atoms with E-state index < -0.39 is 5.97 Å². The van der Waals surface area contributed by atoms with Gasteiger partial charge in [0.15, 0.2) is 5.69 Å². The van der Waals surface area contributed by atoms with Crippen LogP contribution in [0.4, 0.5) is 0 Å². The molecule has 2 heterocycles. The number of H-pyrrole nitrogens is 1. The van der Waals surface area contributed by atoms with Gasteiger partial charge in [-0.25, -0.2) is 9.78 Å². The number of nitrogens with zero attached hydrogens (tertiary/aromatic N) is 2. The molecule has 0 aliphatic carbocycles. The van der Waals surface area contributed by atoms with Gasteiger partial charge in [0, 0.05) is 11.6 Å². The molecule has 0 fully saturated rings. The normalized spacial score (nSPS) is 10.1. The molecule has 0 aliphatic heterocycles. The van der Waals surface area contributed by atoms with Gasteiger partial charge in [0.25, 0.3) is 5.91 Å². The smallest absolute Gasteiger partial charge is 0.355 e. The second-order valence-electron chi connectivity index (χ2n) is 3.08. The molecular weight excluding hydrogens is 244 g/mol. The number of hydrogen-bond donors (Lipinski definition) is 3. The summed E-state index contributed by atoms with van der Waals surface area (Å²) in [6.07, 6.45) is 1.47. The van der Waals surface area contributed by atoms with E-state index in [-0.39, 0.29) is 18.1 Å². The van der Waals surface area contributed by atoms with Crippen molar-refractivity contribution in [2.24, 2.45) is 0 Å². The van der Waals surface area contributed by atoms with E-state index in [0.717, 1.165) is 0 Å². The first-order valence-corrected chi connectivity index (χ1v) is 5.50. The molecule has 0 bridgehead atoms. The number of aromatic carboxylic acids is 1. The summed E-state index contributed by atoms with van der Waals surface area (Å²) in [6.45, 7) is 0.190. The zero-order chi connectivity index (χ0) is 12.3. The minimum absolute atomic E-state index is 0.0132. The Labute approximate surface area is 99.5 Å². The van der Waals surface area contributed by atoms with Crippen molar-refractivity contribution in [2.75, 3.05) is 0 Å². The third-order valence-corrected chi connectivity index (χ3v) is 2.77. The lowest BCUT2D eigenvalue weighted by molar-refractivity contribution is 0.0691. The van der Waals surface area contributed by atoms with Crippen LogP contribution in [-0.2, 0) is 6.54 Å². The van der Waals surface area contributed by atoms with Crippen LogP contribution in [0.1, 0.15) is 26.0 Å². The first-order valence-electron chi connectivity index (χ1n) is 4.62. The number of carboxylic acids is 1. The zero-order valence-corrected chi connectivity index (χ0v) is 9.32. The van der Waals surface area contributed by atoms with E-state index in [0.29, 0.717) is 10.7 Å². The Balaban J connectivity index is 1.93. The van der Waals surface area contributed by atoms with Gasteiger partial charge in [-0.05, 0) is 6.07 Å². The predicted octanol–water partition coefficient (Wildman–Crippen LogP) is 0.494. The number of carbonyl (C=O) groups is 2. The molecule has 8 heteroatoms. The number of aromatic nitrogens is 3. The van der Waals surface area contributed by atoms with Crippen molar-refractivity contribution in [2.45, 2.75) is 6.54 Å². The van der Waals surface area contributed by atoms with E-state index in [4.69, 9.17) is 5.11 Å². The molecule has 2 rings (SSSR count). The van der Waals surface area contributed by atoms with Gasteiger partial charge in [-0.1, -0.05) is 0 Å². The van der Waals surface area contributed by atoms with Crippen molar-refractivity contribution < 1.29 is 14.7 Å². The van der Waals surface area contributed by atoms with E-state index >= 15 is 0 Å². The number of hydrogen-bond acceptors (Lipinski definition) is 5. The highest BCUT2D eigenvalue weighted by Crippen LogP contribution is 2.09. The second-order valence-corrected chi connectivity index (χ2v) is 4.03. The Bertz CT molecular complexity index is 534. The average Bonchev–Trinajstić information content (AvgIpc) is 2.97.